The molecular weight excluding hydrogens is 261 g/mol. The van der Waals surface area contributed by atoms with Gasteiger partial charge < -0.3 is 10.2 Å². The Morgan fingerprint density at radius 2 is 1.89 bits per heavy atom. The van der Waals surface area contributed by atoms with Gasteiger partial charge in [-0.1, -0.05) is 26.2 Å². The van der Waals surface area contributed by atoms with Gasteiger partial charge in [0.25, 0.3) is 0 Å². The normalized spacial score (nSPS) is 17.6. The van der Waals surface area contributed by atoms with Crippen LogP contribution in [-0.2, 0) is 0 Å². The van der Waals surface area contributed by atoms with E-state index >= 15 is 0 Å². The molecule has 0 unspecified atom stereocenters. The number of hydrogen-bond donors (Lipinski definition) is 1. The molecule has 6 heteroatoms. The lowest BCUT2D eigenvalue weighted by Crippen LogP contribution is -2.48. The predicted octanol–water partition coefficient (Wildman–Crippen LogP) is 3.47. The van der Waals surface area contributed by atoms with Crippen molar-refractivity contribution < 1.29 is 13.2 Å². The molecule has 0 saturated heterocycles. The lowest BCUT2D eigenvalue weighted by Gasteiger charge is -2.31. The topological polar surface area (TPSA) is 15.3 Å². The van der Waals surface area contributed by atoms with Crippen molar-refractivity contribution in [3.63, 3.8) is 0 Å². The fraction of sp³-hybridized carbons (Fsp3) is 0.917. The van der Waals surface area contributed by atoms with Gasteiger partial charge in [0.2, 0.25) is 0 Å². The van der Waals surface area contributed by atoms with Gasteiger partial charge in [-0.2, -0.15) is 13.2 Å². The molecule has 0 heterocycles. The first-order chi connectivity index (χ1) is 8.42. The maximum atomic E-state index is 12.4. The zero-order valence-corrected chi connectivity index (χ0v) is 11.5. The van der Waals surface area contributed by atoms with E-state index in [1.807, 2.05) is 6.92 Å². The van der Waals surface area contributed by atoms with Crippen LogP contribution >= 0.6 is 12.2 Å². The second kappa shape index (κ2) is 7.16. The minimum Gasteiger partial charge on any atom is -0.360 e. The summed E-state index contributed by atoms with van der Waals surface area (Å²) in [6.45, 7) is 1.24. The number of thiocarbonyl (C=S) groups is 1. The molecule has 0 amide bonds. The maximum absolute atomic E-state index is 12.4. The number of rotatable bonds is 4. The lowest BCUT2D eigenvalue weighted by atomic mass is 9.96. The molecule has 2 nitrogen and oxygen atoms in total. The molecule has 1 N–H and O–H groups in total. The fourth-order valence-corrected chi connectivity index (χ4v) is 2.57. The number of alkyl halides is 3. The lowest BCUT2D eigenvalue weighted by molar-refractivity contribution is -0.138. The Morgan fingerprint density at radius 3 is 2.39 bits per heavy atom. The Morgan fingerprint density at radius 1 is 1.28 bits per heavy atom. The Balaban J connectivity index is 2.47. The Hall–Kier alpha value is -0.520. The third kappa shape index (κ3) is 5.89. The van der Waals surface area contributed by atoms with Crippen molar-refractivity contribution in [3.05, 3.63) is 0 Å². The van der Waals surface area contributed by atoms with Gasteiger partial charge in [0.05, 0.1) is 0 Å². The van der Waals surface area contributed by atoms with Crippen LogP contribution in [0.25, 0.3) is 0 Å². The van der Waals surface area contributed by atoms with E-state index in [9.17, 15) is 13.2 Å². The first-order valence-electron chi connectivity index (χ1n) is 6.54. The zero-order valence-electron chi connectivity index (χ0n) is 10.7. The van der Waals surface area contributed by atoms with Crippen molar-refractivity contribution in [1.29, 1.82) is 0 Å². The van der Waals surface area contributed by atoms with Gasteiger partial charge in [-0.15, -0.1) is 0 Å². The maximum Gasteiger partial charge on any atom is 0.406 e. The minimum atomic E-state index is -4.20. The third-order valence-corrected chi connectivity index (χ3v) is 3.46. The molecule has 106 valence electrons. The number of hydrogen-bond acceptors (Lipinski definition) is 1. The van der Waals surface area contributed by atoms with E-state index in [4.69, 9.17) is 12.2 Å². The van der Waals surface area contributed by atoms with Gasteiger partial charge in [0.1, 0.15) is 6.54 Å². The average Bonchev–Trinajstić information content (AvgIpc) is 2.28. The van der Waals surface area contributed by atoms with Crippen LogP contribution in [-0.4, -0.2) is 35.3 Å². The molecular formula is C12H21F3N2S. The summed E-state index contributed by atoms with van der Waals surface area (Å²) in [5.74, 6) is 0. The molecule has 1 aliphatic rings. The smallest absolute Gasteiger partial charge is 0.360 e. The van der Waals surface area contributed by atoms with E-state index in [1.54, 1.807) is 0 Å². The van der Waals surface area contributed by atoms with Gasteiger partial charge >= 0.3 is 6.18 Å². The largest absolute Gasteiger partial charge is 0.406 e. The van der Waals surface area contributed by atoms with Crippen LogP contribution in [0.5, 0.6) is 0 Å². The molecule has 0 aromatic heterocycles. The van der Waals surface area contributed by atoms with E-state index in [0.29, 0.717) is 13.0 Å². The van der Waals surface area contributed by atoms with Crippen LogP contribution in [0, 0.1) is 0 Å². The summed E-state index contributed by atoms with van der Waals surface area (Å²) in [5.41, 5.74) is 0. The van der Waals surface area contributed by atoms with E-state index < -0.39 is 12.7 Å². The van der Waals surface area contributed by atoms with Crippen LogP contribution in [0.4, 0.5) is 13.2 Å². The molecule has 0 aromatic carbocycles. The number of halogens is 3. The number of nitrogens with zero attached hydrogens (tertiary/aromatic N) is 1. The summed E-state index contributed by atoms with van der Waals surface area (Å²) in [6.07, 6.45) is 1.95. The van der Waals surface area contributed by atoms with Gasteiger partial charge in [0, 0.05) is 12.6 Å². The molecule has 1 saturated carbocycles. The van der Waals surface area contributed by atoms with E-state index in [0.717, 1.165) is 25.7 Å². The summed E-state index contributed by atoms with van der Waals surface area (Å²) in [5, 5.41) is 3.33. The van der Waals surface area contributed by atoms with Crippen LogP contribution in [0.2, 0.25) is 0 Å². The van der Waals surface area contributed by atoms with Gasteiger partial charge in [-0.25, -0.2) is 0 Å². The average molecular weight is 282 g/mol. The van der Waals surface area contributed by atoms with Crippen molar-refractivity contribution in [3.8, 4) is 0 Å². The van der Waals surface area contributed by atoms with Crippen LogP contribution in [0.1, 0.15) is 45.4 Å². The molecule has 0 aliphatic heterocycles. The predicted molar refractivity (Wildman–Crippen MR) is 70.5 cm³/mol. The first-order valence-corrected chi connectivity index (χ1v) is 6.95. The highest BCUT2D eigenvalue weighted by molar-refractivity contribution is 7.80. The summed E-state index contributed by atoms with van der Waals surface area (Å²) < 4.78 is 37.3. The standard InChI is InChI=1S/C12H21F3N2S/c1-2-8-17(9-12(13,14)15)11(18)16-10-6-4-3-5-7-10/h10H,2-9H2,1H3,(H,16,18). The van der Waals surface area contributed by atoms with E-state index in [1.165, 1.54) is 11.3 Å². The molecule has 0 aromatic rings. The van der Waals surface area contributed by atoms with Crippen LogP contribution < -0.4 is 5.32 Å². The highest BCUT2D eigenvalue weighted by atomic mass is 32.1. The van der Waals surface area contributed by atoms with Gasteiger partial charge in [-0.05, 0) is 31.5 Å². The molecule has 1 aliphatic carbocycles. The molecule has 0 bridgehead atoms. The van der Waals surface area contributed by atoms with Gasteiger partial charge in [-0.3, -0.25) is 0 Å². The summed E-state index contributed by atoms with van der Waals surface area (Å²) in [7, 11) is 0. The quantitative estimate of drug-likeness (QED) is 0.795. The Labute approximate surface area is 112 Å². The summed E-state index contributed by atoms with van der Waals surface area (Å²) >= 11 is 5.10. The summed E-state index contributed by atoms with van der Waals surface area (Å²) in [4.78, 5) is 1.23. The highest BCUT2D eigenvalue weighted by Gasteiger charge is 2.32. The van der Waals surface area contributed by atoms with Crippen molar-refractivity contribution in [2.75, 3.05) is 13.1 Å². The van der Waals surface area contributed by atoms with E-state index in [-0.39, 0.29) is 11.2 Å². The third-order valence-electron chi connectivity index (χ3n) is 3.08. The van der Waals surface area contributed by atoms with Crippen molar-refractivity contribution in [2.45, 2.75) is 57.7 Å². The monoisotopic (exact) mass is 282 g/mol. The van der Waals surface area contributed by atoms with Crippen LogP contribution in [0.15, 0.2) is 0 Å². The minimum absolute atomic E-state index is 0.249. The second-order valence-corrected chi connectivity index (χ2v) is 5.21. The second-order valence-electron chi connectivity index (χ2n) is 4.82. The van der Waals surface area contributed by atoms with Crippen LogP contribution in [0.3, 0.4) is 0 Å². The molecule has 0 radical (unpaired) electrons. The number of nitrogens with one attached hydrogen (secondary N) is 1. The highest BCUT2D eigenvalue weighted by Crippen LogP contribution is 2.19. The van der Waals surface area contributed by atoms with E-state index in [2.05, 4.69) is 5.32 Å². The molecule has 1 rings (SSSR count). The molecule has 1 fully saturated rings. The van der Waals surface area contributed by atoms with Gasteiger partial charge in [0.15, 0.2) is 5.11 Å². The SMILES string of the molecule is CCCN(CC(F)(F)F)C(=S)NC1CCCCC1. The molecule has 18 heavy (non-hydrogen) atoms. The first kappa shape index (κ1) is 15.5. The van der Waals surface area contributed by atoms with Crippen molar-refractivity contribution >= 4 is 17.3 Å². The van der Waals surface area contributed by atoms with Crippen molar-refractivity contribution in [1.82, 2.24) is 10.2 Å². The molecule has 0 atom stereocenters. The zero-order chi connectivity index (χ0) is 13.6. The van der Waals surface area contributed by atoms with Crippen molar-refractivity contribution in [2.24, 2.45) is 0 Å². The summed E-state index contributed by atoms with van der Waals surface area (Å²) in [6, 6.07) is 0.249. The Kier molecular flexibility index (Phi) is 6.18. The molecule has 0 spiro atoms. The Bertz CT molecular complexity index is 263. The fourth-order valence-electron chi connectivity index (χ4n) is 2.25.